The van der Waals surface area contributed by atoms with E-state index in [1.54, 1.807) is 0 Å². The van der Waals surface area contributed by atoms with E-state index in [4.69, 9.17) is 37.0 Å². The molecule has 107 heavy (non-hydrogen) atoms. The van der Waals surface area contributed by atoms with Gasteiger partial charge in [-0.1, -0.05) is 409 Å². The third kappa shape index (κ3) is 79.1. The van der Waals surface area contributed by atoms with Crippen molar-refractivity contribution in [3.8, 4) is 0 Å². The van der Waals surface area contributed by atoms with Crippen LogP contribution >= 0.6 is 15.6 Å². The van der Waals surface area contributed by atoms with E-state index in [1.165, 1.54) is 257 Å². The van der Waals surface area contributed by atoms with Gasteiger partial charge in [0, 0.05) is 25.7 Å². The molecule has 0 aromatic carbocycles. The standard InChI is InChI=1S/C88H172O17P2/c1-9-80(7)66-58-50-42-34-28-24-20-16-12-14-17-21-25-29-36-44-52-60-68-85(90)98-74-83(104-88(93)71-63-55-46-38-32-31-35-43-51-59-67-81(8)10-2)76-102-106(94,95)100-72-82(89)73-101-107(96,97)103-77-84(75-99-86(91)69-61-53-47-39-41-49-57-65-79(5)6)105-87(92)70-62-54-45-37-30-26-22-18-13-11-15-19-23-27-33-40-48-56-64-78(3)4/h78-84,89H,9-77H2,1-8H3,(H,94,95)(H,96,97)/t80?,81?,82?,83-,84-/m1/s1. The largest absolute Gasteiger partial charge is 0.472 e. The summed E-state index contributed by atoms with van der Waals surface area (Å²) in [5.74, 6) is 1.09. The summed E-state index contributed by atoms with van der Waals surface area (Å²) in [5, 5.41) is 10.7. The Morgan fingerprint density at radius 2 is 0.449 bits per heavy atom. The number of carbonyl (C=O) groups is 4. The topological polar surface area (TPSA) is 237 Å². The van der Waals surface area contributed by atoms with Gasteiger partial charge >= 0.3 is 39.5 Å². The quantitative estimate of drug-likeness (QED) is 0.0222. The number of aliphatic hydroxyl groups is 1. The van der Waals surface area contributed by atoms with E-state index in [0.29, 0.717) is 31.6 Å². The molecule has 0 aliphatic heterocycles. The Labute approximate surface area is 658 Å². The first-order valence-electron chi connectivity index (χ1n) is 45.3. The number of rotatable bonds is 85. The van der Waals surface area contributed by atoms with Gasteiger partial charge in [-0.25, -0.2) is 9.13 Å². The molecule has 0 aromatic heterocycles. The van der Waals surface area contributed by atoms with Gasteiger partial charge in [-0.3, -0.25) is 37.3 Å². The van der Waals surface area contributed by atoms with E-state index in [-0.39, 0.29) is 25.7 Å². The molecule has 0 saturated carbocycles. The lowest BCUT2D eigenvalue weighted by Crippen LogP contribution is -2.30. The molecule has 0 fully saturated rings. The molecule has 0 rings (SSSR count). The summed E-state index contributed by atoms with van der Waals surface area (Å²) < 4.78 is 68.9. The second kappa shape index (κ2) is 76.7. The molecule has 0 amide bonds. The summed E-state index contributed by atoms with van der Waals surface area (Å²) in [7, 11) is -9.93. The number of carbonyl (C=O) groups excluding carboxylic acids is 4. The molecule has 0 aromatic rings. The minimum absolute atomic E-state index is 0.107. The fraction of sp³-hybridized carbons (Fsp3) is 0.955. The predicted octanol–water partition coefficient (Wildman–Crippen LogP) is 26.7. The molecular weight excluding hydrogens is 1390 g/mol. The van der Waals surface area contributed by atoms with Crippen molar-refractivity contribution in [1.82, 2.24) is 0 Å². The molecule has 0 aliphatic carbocycles. The molecule has 0 heterocycles. The number of aliphatic hydroxyl groups excluding tert-OH is 1. The van der Waals surface area contributed by atoms with Crippen LogP contribution in [0.1, 0.15) is 460 Å². The van der Waals surface area contributed by atoms with Crippen LogP contribution in [0.25, 0.3) is 0 Å². The highest BCUT2D eigenvalue weighted by Crippen LogP contribution is 2.45. The summed E-state index contributed by atoms with van der Waals surface area (Å²) in [5.41, 5.74) is 0. The van der Waals surface area contributed by atoms with Crippen molar-refractivity contribution in [3.05, 3.63) is 0 Å². The smallest absolute Gasteiger partial charge is 0.462 e. The number of phosphoric ester groups is 2. The first-order valence-corrected chi connectivity index (χ1v) is 48.3. The molecular formula is C88H172O17P2. The van der Waals surface area contributed by atoms with Crippen LogP contribution in [0.5, 0.6) is 0 Å². The minimum atomic E-state index is -4.97. The Balaban J connectivity index is 5.17. The Morgan fingerprint density at radius 3 is 0.664 bits per heavy atom. The molecule has 636 valence electrons. The fourth-order valence-corrected chi connectivity index (χ4v) is 15.2. The first-order chi connectivity index (χ1) is 51.7. The van der Waals surface area contributed by atoms with E-state index in [9.17, 15) is 43.2 Å². The zero-order valence-electron chi connectivity index (χ0n) is 70.8. The van der Waals surface area contributed by atoms with Gasteiger partial charge in [-0.05, 0) is 49.4 Å². The molecule has 0 aliphatic rings. The van der Waals surface area contributed by atoms with Crippen LogP contribution in [0, 0.1) is 23.7 Å². The maximum absolute atomic E-state index is 13.1. The van der Waals surface area contributed by atoms with Gasteiger partial charge in [-0.2, -0.15) is 0 Å². The van der Waals surface area contributed by atoms with Gasteiger partial charge in [0.1, 0.15) is 19.3 Å². The van der Waals surface area contributed by atoms with Crippen molar-refractivity contribution in [2.75, 3.05) is 39.6 Å². The second-order valence-electron chi connectivity index (χ2n) is 33.1. The lowest BCUT2D eigenvalue weighted by Gasteiger charge is -2.21. The number of esters is 4. The Morgan fingerprint density at radius 1 is 0.262 bits per heavy atom. The van der Waals surface area contributed by atoms with Crippen molar-refractivity contribution in [2.24, 2.45) is 23.7 Å². The van der Waals surface area contributed by atoms with Crippen molar-refractivity contribution in [3.63, 3.8) is 0 Å². The van der Waals surface area contributed by atoms with Crippen LogP contribution in [0.4, 0.5) is 0 Å². The minimum Gasteiger partial charge on any atom is -0.462 e. The van der Waals surface area contributed by atoms with Gasteiger partial charge in [0.2, 0.25) is 0 Å². The third-order valence-corrected chi connectivity index (χ3v) is 23.2. The highest BCUT2D eigenvalue weighted by molar-refractivity contribution is 7.47. The average Bonchev–Trinajstić information content (AvgIpc) is 0.901. The van der Waals surface area contributed by atoms with Crippen molar-refractivity contribution >= 4 is 39.5 Å². The van der Waals surface area contributed by atoms with Crippen LogP contribution in [-0.4, -0.2) is 96.7 Å². The SMILES string of the molecule is CCC(C)CCCCCCCCCCCCCCCCCCCCC(=O)OC[C@H](COP(=O)(O)OCC(O)COP(=O)(O)OC[C@@H](COC(=O)CCCCCCCCCC(C)C)OC(=O)CCCCCCCCCCCCCCCCCCCCC(C)C)OC(=O)CCCCCCCCCCCCC(C)CC. The second-order valence-corrected chi connectivity index (χ2v) is 36.0. The van der Waals surface area contributed by atoms with Crippen LogP contribution in [0.3, 0.4) is 0 Å². The molecule has 5 unspecified atom stereocenters. The fourth-order valence-electron chi connectivity index (χ4n) is 13.6. The van der Waals surface area contributed by atoms with E-state index in [1.807, 2.05) is 0 Å². The maximum Gasteiger partial charge on any atom is 0.472 e. The van der Waals surface area contributed by atoms with Gasteiger partial charge in [0.05, 0.1) is 26.4 Å². The Hall–Kier alpha value is -1.94. The maximum atomic E-state index is 13.1. The summed E-state index contributed by atoms with van der Waals surface area (Å²) in [6.07, 6.45) is 66.8. The van der Waals surface area contributed by atoms with E-state index >= 15 is 0 Å². The number of phosphoric acid groups is 2. The van der Waals surface area contributed by atoms with E-state index < -0.39 is 97.5 Å². The van der Waals surface area contributed by atoms with Gasteiger partial charge in [0.15, 0.2) is 12.2 Å². The third-order valence-electron chi connectivity index (χ3n) is 21.3. The number of hydrogen-bond donors (Lipinski definition) is 3. The molecule has 0 radical (unpaired) electrons. The Kier molecular flexibility index (Phi) is 75.3. The highest BCUT2D eigenvalue weighted by Gasteiger charge is 2.31. The summed E-state index contributed by atoms with van der Waals surface area (Å²) in [6, 6.07) is 0. The molecule has 0 bridgehead atoms. The lowest BCUT2D eigenvalue weighted by molar-refractivity contribution is -0.161. The molecule has 0 spiro atoms. The van der Waals surface area contributed by atoms with Gasteiger partial charge in [0.25, 0.3) is 0 Å². The zero-order valence-corrected chi connectivity index (χ0v) is 72.6. The molecule has 0 saturated heterocycles. The van der Waals surface area contributed by atoms with Gasteiger partial charge < -0.3 is 33.8 Å². The number of hydrogen-bond acceptors (Lipinski definition) is 15. The number of ether oxygens (including phenoxy) is 4. The molecule has 7 atom stereocenters. The molecule has 17 nitrogen and oxygen atoms in total. The van der Waals surface area contributed by atoms with Crippen molar-refractivity contribution in [2.45, 2.75) is 478 Å². The zero-order chi connectivity index (χ0) is 78.8. The van der Waals surface area contributed by atoms with Gasteiger partial charge in [-0.15, -0.1) is 0 Å². The van der Waals surface area contributed by atoms with E-state index in [0.717, 1.165) is 114 Å². The van der Waals surface area contributed by atoms with Crippen LogP contribution < -0.4 is 0 Å². The monoisotopic (exact) mass is 1560 g/mol. The normalized spacial score (nSPS) is 14.4. The first kappa shape index (κ1) is 105. The summed E-state index contributed by atoms with van der Waals surface area (Å²) in [6.45, 7) is 14.4. The van der Waals surface area contributed by atoms with Crippen LogP contribution in [0.2, 0.25) is 0 Å². The van der Waals surface area contributed by atoms with Crippen molar-refractivity contribution < 1.29 is 80.2 Å². The van der Waals surface area contributed by atoms with Crippen molar-refractivity contribution in [1.29, 1.82) is 0 Å². The number of unbranched alkanes of at least 4 members (excludes halogenated alkanes) is 49. The Bertz CT molecular complexity index is 2080. The predicted molar refractivity (Wildman–Crippen MR) is 441 cm³/mol. The van der Waals surface area contributed by atoms with Crippen LogP contribution in [-0.2, 0) is 65.4 Å². The lowest BCUT2D eigenvalue weighted by atomic mass is 9.99. The highest BCUT2D eigenvalue weighted by atomic mass is 31.2. The van der Waals surface area contributed by atoms with Crippen LogP contribution in [0.15, 0.2) is 0 Å². The average molecular weight is 1560 g/mol. The van der Waals surface area contributed by atoms with E-state index in [2.05, 4.69) is 55.4 Å². The summed E-state index contributed by atoms with van der Waals surface area (Å²) >= 11 is 0. The summed E-state index contributed by atoms with van der Waals surface area (Å²) in [4.78, 5) is 73.2. The molecule has 19 heteroatoms. The molecule has 3 N–H and O–H groups in total.